The molecule has 3 aromatic heterocycles. The number of carbonyl (C=O) groups is 1. The molecule has 1 aliphatic carbocycles. The highest BCUT2D eigenvalue weighted by atomic mass is 32.2. The second kappa shape index (κ2) is 9.27. The SMILES string of the molecule is CCC(C)C(=O)Nc1ccc(Sc2cc3nccn3c(Nc3cc(C4CCC4)[nH]n3)n2)cc1. The molecule has 1 aromatic carbocycles. The van der Waals surface area contributed by atoms with Crippen molar-refractivity contribution in [1.82, 2.24) is 24.6 Å². The fourth-order valence-corrected chi connectivity index (χ4v) is 4.47. The summed E-state index contributed by atoms with van der Waals surface area (Å²) in [5, 5.41) is 14.7. The van der Waals surface area contributed by atoms with Gasteiger partial charge in [-0.25, -0.2) is 9.97 Å². The van der Waals surface area contributed by atoms with Crippen LogP contribution in [0.2, 0.25) is 0 Å². The van der Waals surface area contributed by atoms with E-state index in [-0.39, 0.29) is 11.8 Å². The number of amides is 1. The van der Waals surface area contributed by atoms with Crippen molar-refractivity contribution >= 4 is 40.8 Å². The smallest absolute Gasteiger partial charge is 0.227 e. The molecular weight excluding hydrogens is 434 g/mol. The fourth-order valence-electron chi connectivity index (χ4n) is 3.66. The third kappa shape index (κ3) is 4.73. The molecule has 1 saturated carbocycles. The summed E-state index contributed by atoms with van der Waals surface area (Å²) in [6.45, 7) is 3.94. The van der Waals surface area contributed by atoms with Crippen LogP contribution in [-0.2, 0) is 4.79 Å². The van der Waals surface area contributed by atoms with Gasteiger partial charge in [-0.15, -0.1) is 0 Å². The summed E-state index contributed by atoms with van der Waals surface area (Å²) in [4.78, 5) is 22.4. The number of aromatic nitrogens is 5. The molecule has 1 atom stereocenters. The van der Waals surface area contributed by atoms with Crippen molar-refractivity contribution in [2.45, 2.75) is 55.4 Å². The third-order valence-electron chi connectivity index (χ3n) is 6.15. The Kier molecular flexibility index (Phi) is 6.04. The molecule has 33 heavy (non-hydrogen) atoms. The molecule has 1 unspecified atom stereocenters. The van der Waals surface area contributed by atoms with E-state index in [9.17, 15) is 4.79 Å². The lowest BCUT2D eigenvalue weighted by Gasteiger charge is -2.23. The topological polar surface area (TPSA) is 100 Å². The highest BCUT2D eigenvalue weighted by Gasteiger charge is 2.22. The number of imidazole rings is 1. The molecule has 3 heterocycles. The molecule has 0 saturated heterocycles. The predicted octanol–water partition coefficient (Wildman–Crippen LogP) is 5.60. The number of anilines is 3. The minimum Gasteiger partial charge on any atom is -0.326 e. The molecule has 0 aliphatic heterocycles. The molecule has 5 rings (SSSR count). The van der Waals surface area contributed by atoms with Gasteiger partial charge in [-0.1, -0.05) is 32.0 Å². The van der Waals surface area contributed by atoms with Crippen LogP contribution in [-0.4, -0.2) is 30.5 Å². The minimum atomic E-state index is -0.00485. The van der Waals surface area contributed by atoms with Crippen molar-refractivity contribution < 1.29 is 4.79 Å². The first-order valence-electron chi connectivity index (χ1n) is 11.3. The molecule has 8 nitrogen and oxygen atoms in total. The van der Waals surface area contributed by atoms with Gasteiger partial charge in [0.15, 0.2) is 5.82 Å². The number of aromatic amines is 1. The van der Waals surface area contributed by atoms with Crippen LogP contribution >= 0.6 is 11.8 Å². The number of nitrogens with one attached hydrogen (secondary N) is 3. The van der Waals surface area contributed by atoms with Gasteiger partial charge in [0.1, 0.15) is 10.7 Å². The van der Waals surface area contributed by atoms with Crippen LogP contribution in [0.3, 0.4) is 0 Å². The van der Waals surface area contributed by atoms with Gasteiger partial charge in [0.05, 0.1) is 0 Å². The van der Waals surface area contributed by atoms with Crippen LogP contribution in [0.5, 0.6) is 0 Å². The lowest BCUT2D eigenvalue weighted by molar-refractivity contribution is -0.119. The Morgan fingerprint density at radius 2 is 2.09 bits per heavy atom. The van der Waals surface area contributed by atoms with E-state index in [1.165, 1.54) is 25.0 Å². The zero-order valence-electron chi connectivity index (χ0n) is 18.7. The van der Waals surface area contributed by atoms with E-state index >= 15 is 0 Å². The van der Waals surface area contributed by atoms with Crippen LogP contribution in [0.15, 0.2) is 58.7 Å². The molecular formula is C24H27N7OS. The highest BCUT2D eigenvalue weighted by Crippen LogP contribution is 2.36. The Bertz CT molecular complexity index is 1260. The van der Waals surface area contributed by atoms with E-state index in [4.69, 9.17) is 4.98 Å². The molecule has 1 aliphatic rings. The number of benzene rings is 1. The number of H-pyrrole nitrogens is 1. The summed E-state index contributed by atoms with van der Waals surface area (Å²) in [5.74, 6) is 2.04. The highest BCUT2D eigenvalue weighted by molar-refractivity contribution is 7.99. The monoisotopic (exact) mass is 461 g/mol. The first kappa shape index (κ1) is 21.5. The van der Waals surface area contributed by atoms with Gasteiger partial charge >= 0.3 is 0 Å². The van der Waals surface area contributed by atoms with E-state index in [0.717, 1.165) is 33.5 Å². The first-order valence-corrected chi connectivity index (χ1v) is 12.2. The van der Waals surface area contributed by atoms with Crippen molar-refractivity contribution in [3.63, 3.8) is 0 Å². The first-order chi connectivity index (χ1) is 16.1. The van der Waals surface area contributed by atoms with Gasteiger partial charge < -0.3 is 10.6 Å². The van der Waals surface area contributed by atoms with Gasteiger partial charge in [-0.3, -0.25) is 14.3 Å². The Labute approximate surface area is 196 Å². The second-order valence-electron chi connectivity index (χ2n) is 8.46. The molecule has 0 spiro atoms. The van der Waals surface area contributed by atoms with E-state index in [0.29, 0.717) is 11.9 Å². The van der Waals surface area contributed by atoms with Crippen molar-refractivity contribution in [1.29, 1.82) is 0 Å². The van der Waals surface area contributed by atoms with Gasteiger partial charge in [0.25, 0.3) is 0 Å². The minimum absolute atomic E-state index is 0.00485. The Hall–Kier alpha value is -3.33. The van der Waals surface area contributed by atoms with Gasteiger partial charge in [-0.2, -0.15) is 5.10 Å². The summed E-state index contributed by atoms with van der Waals surface area (Å²) < 4.78 is 1.91. The lowest BCUT2D eigenvalue weighted by atomic mass is 9.83. The van der Waals surface area contributed by atoms with Crippen molar-refractivity contribution in [2.75, 3.05) is 10.6 Å². The summed E-state index contributed by atoms with van der Waals surface area (Å²) in [6.07, 6.45) is 8.19. The average molecular weight is 462 g/mol. The summed E-state index contributed by atoms with van der Waals surface area (Å²) in [6, 6.07) is 11.8. The number of nitrogens with zero attached hydrogens (tertiary/aromatic N) is 4. The molecule has 1 amide bonds. The molecule has 170 valence electrons. The number of hydrogen-bond acceptors (Lipinski definition) is 6. The van der Waals surface area contributed by atoms with Crippen molar-refractivity contribution in [2.24, 2.45) is 5.92 Å². The molecule has 0 radical (unpaired) electrons. The van der Waals surface area contributed by atoms with Crippen LogP contribution in [0, 0.1) is 5.92 Å². The Balaban J connectivity index is 1.32. The normalized spacial score (nSPS) is 14.7. The second-order valence-corrected chi connectivity index (χ2v) is 9.55. The Morgan fingerprint density at radius 3 is 2.82 bits per heavy atom. The van der Waals surface area contributed by atoms with Crippen LogP contribution in [0.25, 0.3) is 5.65 Å². The summed E-state index contributed by atoms with van der Waals surface area (Å²) in [7, 11) is 0. The van der Waals surface area contributed by atoms with Crippen LogP contribution in [0.4, 0.5) is 17.5 Å². The van der Waals surface area contributed by atoms with Crippen molar-refractivity contribution in [3.8, 4) is 0 Å². The maximum absolute atomic E-state index is 12.1. The molecule has 1 fully saturated rings. The zero-order chi connectivity index (χ0) is 22.8. The number of fused-ring (bicyclic) bond motifs is 1. The largest absolute Gasteiger partial charge is 0.326 e. The predicted molar refractivity (Wildman–Crippen MR) is 130 cm³/mol. The average Bonchev–Trinajstić information content (AvgIpc) is 3.43. The van der Waals surface area contributed by atoms with Gasteiger partial charge in [-0.05, 0) is 43.5 Å². The Morgan fingerprint density at radius 1 is 1.27 bits per heavy atom. The molecule has 4 aromatic rings. The van der Waals surface area contributed by atoms with Crippen LogP contribution in [0.1, 0.15) is 51.1 Å². The molecule has 3 N–H and O–H groups in total. The number of rotatable bonds is 8. The maximum atomic E-state index is 12.1. The van der Waals surface area contributed by atoms with E-state index < -0.39 is 0 Å². The standard InChI is InChI=1S/C24H27N7OS/c1-3-15(2)23(32)26-17-7-9-18(10-8-17)33-22-14-21-25-11-12-31(21)24(28-22)27-20-13-19(29-30-20)16-5-4-6-16/h7-16H,3-6H2,1-2H3,(H,26,32)(H2,27,28,29,30). The maximum Gasteiger partial charge on any atom is 0.227 e. The van der Waals surface area contributed by atoms with E-state index in [2.05, 4.69) is 31.9 Å². The quantitative estimate of drug-likeness (QED) is 0.295. The van der Waals surface area contributed by atoms with E-state index in [1.807, 2.05) is 54.8 Å². The third-order valence-corrected chi connectivity index (χ3v) is 7.08. The number of hydrogen-bond donors (Lipinski definition) is 3. The summed E-state index contributed by atoms with van der Waals surface area (Å²) >= 11 is 1.55. The fraction of sp³-hybridized carbons (Fsp3) is 0.333. The zero-order valence-corrected chi connectivity index (χ0v) is 19.5. The van der Waals surface area contributed by atoms with Gasteiger partial charge in [0.2, 0.25) is 11.9 Å². The molecule has 0 bridgehead atoms. The molecule has 9 heteroatoms. The van der Waals surface area contributed by atoms with Gasteiger partial charge in [0, 0.05) is 52.6 Å². The number of carbonyl (C=O) groups excluding carboxylic acids is 1. The van der Waals surface area contributed by atoms with E-state index in [1.54, 1.807) is 18.0 Å². The lowest BCUT2D eigenvalue weighted by Crippen LogP contribution is -2.19. The summed E-state index contributed by atoms with van der Waals surface area (Å²) in [5.41, 5.74) is 2.78. The van der Waals surface area contributed by atoms with Crippen molar-refractivity contribution in [3.05, 3.63) is 54.5 Å². The van der Waals surface area contributed by atoms with Crippen LogP contribution < -0.4 is 10.6 Å².